The Balaban J connectivity index is 2.34. The van der Waals surface area contributed by atoms with E-state index in [1.54, 1.807) is 12.1 Å². The third-order valence-electron chi connectivity index (χ3n) is 2.98. The molecular weight excluding hydrogens is 389 g/mol. The van der Waals surface area contributed by atoms with Crippen molar-refractivity contribution in [2.24, 2.45) is 0 Å². The van der Waals surface area contributed by atoms with Crippen LogP contribution >= 0.6 is 39.1 Å². The van der Waals surface area contributed by atoms with Gasteiger partial charge in [0.1, 0.15) is 4.90 Å². The van der Waals surface area contributed by atoms with E-state index in [0.29, 0.717) is 6.54 Å². The van der Waals surface area contributed by atoms with Crippen molar-refractivity contribution in [3.05, 3.63) is 27.7 Å². The van der Waals surface area contributed by atoms with E-state index in [4.69, 9.17) is 27.9 Å². The van der Waals surface area contributed by atoms with Gasteiger partial charge in [0.15, 0.2) is 0 Å². The number of nitrogens with zero attached hydrogens (tertiary/aromatic N) is 1. The lowest BCUT2D eigenvalue weighted by Gasteiger charge is -2.35. The van der Waals surface area contributed by atoms with Crippen molar-refractivity contribution in [3.63, 3.8) is 0 Å². The van der Waals surface area contributed by atoms with Gasteiger partial charge in [-0.25, -0.2) is 8.42 Å². The highest BCUT2D eigenvalue weighted by Gasteiger charge is 2.34. The van der Waals surface area contributed by atoms with Crippen LogP contribution in [0.2, 0.25) is 5.02 Å². The molecular formula is C12H14BrCl2NO3S. The molecule has 1 saturated heterocycles. The zero-order chi connectivity index (χ0) is 14.9. The average Bonchev–Trinajstić information content (AvgIpc) is 2.37. The standard InChI is InChI=1S/C12H14BrCl2NO3S/c1-8-6-16(7-10(5-14)19-8)20(17,18)12-3-2-9(13)4-11(12)15/h2-4,8,10H,5-7H2,1H3. The minimum absolute atomic E-state index is 0.102. The van der Waals surface area contributed by atoms with Gasteiger partial charge in [0, 0.05) is 23.4 Å². The molecule has 0 aliphatic carbocycles. The molecule has 1 aliphatic rings. The predicted octanol–water partition coefficient (Wildman–Crippen LogP) is 3.12. The second-order valence-corrected chi connectivity index (χ2v) is 8.16. The Bertz CT molecular complexity index is 596. The molecule has 1 aromatic rings. The Labute approximate surface area is 137 Å². The van der Waals surface area contributed by atoms with Crippen molar-refractivity contribution in [2.45, 2.75) is 24.0 Å². The number of alkyl halides is 1. The highest BCUT2D eigenvalue weighted by molar-refractivity contribution is 9.10. The SMILES string of the molecule is CC1CN(S(=O)(=O)c2ccc(Br)cc2Cl)CC(CCl)O1. The first-order valence-electron chi connectivity index (χ1n) is 6.01. The first-order valence-corrected chi connectivity index (χ1v) is 9.15. The van der Waals surface area contributed by atoms with Gasteiger partial charge in [0.25, 0.3) is 0 Å². The molecule has 20 heavy (non-hydrogen) atoms. The summed E-state index contributed by atoms with van der Waals surface area (Å²) in [5.41, 5.74) is 0. The van der Waals surface area contributed by atoms with E-state index in [9.17, 15) is 8.42 Å². The molecule has 0 radical (unpaired) electrons. The van der Waals surface area contributed by atoms with Crippen LogP contribution in [0.15, 0.2) is 27.6 Å². The summed E-state index contributed by atoms with van der Waals surface area (Å²) >= 11 is 15.1. The Kier molecular flexibility index (Phi) is 5.37. The monoisotopic (exact) mass is 401 g/mol. The summed E-state index contributed by atoms with van der Waals surface area (Å²) in [5.74, 6) is 0.254. The van der Waals surface area contributed by atoms with Gasteiger partial charge in [-0.15, -0.1) is 11.6 Å². The molecule has 0 bridgehead atoms. The first-order chi connectivity index (χ1) is 9.34. The maximum absolute atomic E-state index is 12.7. The molecule has 0 aromatic heterocycles. The van der Waals surface area contributed by atoms with E-state index in [0.717, 1.165) is 4.47 Å². The highest BCUT2D eigenvalue weighted by atomic mass is 79.9. The molecule has 4 nitrogen and oxygen atoms in total. The third-order valence-corrected chi connectivity index (χ3v) is 6.13. The normalized spacial score (nSPS) is 24.8. The summed E-state index contributed by atoms with van der Waals surface area (Å²) in [4.78, 5) is 0.102. The van der Waals surface area contributed by atoms with E-state index < -0.39 is 10.0 Å². The quantitative estimate of drug-likeness (QED) is 0.729. The van der Waals surface area contributed by atoms with Gasteiger partial charge in [0.05, 0.1) is 17.2 Å². The van der Waals surface area contributed by atoms with Crippen LogP contribution in [0.5, 0.6) is 0 Å². The van der Waals surface area contributed by atoms with Gasteiger partial charge in [0.2, 0.25) is 10.0 Å². The molecule has 0 saturated carbocycles. The van der Waals surface area contributed by atoms with E-state index >= 15 is 0 Å². The van der Waals surface area contributed by atoms with Crippen molar-refractivity contribution < 1.29 is 13.2 Å². The number of sulfonamides is 1. The second-order valence-electron chi connectivity index (χ2n) is 4.62. The van der Waals surface area contributed by atoms with Crippen molar-refractivity contribution >= 4 is 49.2 Å². The smallest absolute Gasteiger partial charge is 0.244 e. The maximum Gasteiger partial charge on any atom is 0.244 e. The summed E-state index contributed by atoms with van der Waals surface area (Å²) in [7, 11) is -3.64. The lowest BCUT2D eigenvalue weighted by atomic mass is 10.3. The van der Waals surface area contributed by atoms with E-state index in [1.165, 1.54) is 10.4 Å². The Morgan fingerprint density at radius 3 is 2.75 bits per heavy atom. The minimum atomic E-state index is -3.64. The third kappa shape index (κ3) is 3.48. The van der Waals surface area contributed by atoms with Crippen LogP contribution < -0.4 is 0 Å². The molecule has 112 valence electrons. The zero-order valence-electron chi connectivity index (χ0n) is 10.7. The first kappa shape index (κ1) is 16.5. The van der Waals surface area contributed by atoms with Crippen molar-refractivity contribution in [1.29, 1.82) is 0 Å². The number of morpholine rings is 1. The fourth-order valence-corrected chi connectivity index (χ4v) is 4.84. The zero-order valence-corrected chi connectivity index (χ0v) is 14.6. The number of rotatable bonds is 3. The Morgan fingerprint density at radius 1 is 1.45 bits per heavy atom. The van der Waals surface area contributed by atoms with Crippen molar-refractivity contribution in [1.82, 2.24) is 4.31 Å². The Morgan fingerprint density at radius 2 is 2.15 bits per heavy atom. The van der Waals surface area contributed by atoms with Gasteiger partial charge >= 0.3 is 0 Å². The summed E-state index contributed by atoms with van der Waals surface area (Å²) < 4.78 is 33.0. The lowest BCUT2D eigenvalue weighted by molar-refractivity contribution is -0.0423. The van der Waals surface area contributed by atoms with E-state index in [2.05, 4.69) is 15.9 Å². The van der Waals surface area contributed by atoms with Crippen LogP contribution in [-0.2, 0) is 14.8 Å². The fraction of sp³-hybridized carbons (Fsp3) is 0.500. The summed E-state index contributed by atoms with van der Waals surface area (Å²) in [6.45, 7) is 2.36. The molecule has 0 amide bonds. The van der Waals surface area contributed by atoms with Crippen molar-refractivity contribution in [3.8, 4) is 0 Å². The summed E-state index contributed by atoms with van der Waals surface area (Å²) in [5, 5.41) is 0.195. The molecule has 1 fully saturated rings. The van der Waals surface area contributed by atoms with Crippen LogP contribution in [0.25, 0.3) is 0 Å². The molecule has 2 unspecified atom stereocenters. The topological polar surface area (TPSA) is 46.6 Å². The van der Waals surface area contributed by atoms with Crippen LogP contribution in [0.4, 0.5) is 0 Å². The molecule has 2 atom stereocenters. The molecule has 8 heteroatoms. The highest BCUT2D eigenvalue weighted by Crippen LogP contribution is 2.29. The van der Waals surface area contributed by atoms with Crippen molar-refractivity contribution in [2.75, 3.05) is 19.0 Å². The summed E-state index contributed by atoms with van der Waals surface area (Å²) in [6, 6.07) is 4.72. The van der Waals surface area contributed by atoms with E-state index in [1.807, 2.05) is 6.92 Å². The minimum Gasteiger partial charge on any atom is -0.371 e. The molecule has 0 N–H and O–H groups in total. The van der Waals surface area contributed by atoms with Gasteiger partial charge in [-0.05, 0) is 25.1 Å². The molecule has 2 rings (SSSR count). The van der Waals surface area contributed by atoms with Gasteiger partial charge < -0.3 is 4.74 Å². The summed E-state index contributed by atoms with van der Waals surface area (Å²) in [6.07, 6.45) is -0.499. The predicted molar refractivity (Wildman–Crippen MR) is 83.0 cm³/mol. The lowest BCUT2D eigenvalue weighted by Crippen LogP contribution is -2.49. The Hall–Kier alpha value is 0.150. The molecule has 1 heterocycles. The van der Waals surface area contributed by atoms with Crippen LogP contribution in [0.3, 0.4) is 0 Å². The number of ether oxygens (including phenoxy) is 1. The van der Waals surface area contributed by atoms with Crippen LogP contribution in [0, 0.1) is 0 Å². The number of benzene rings is 1. The van der Waals surface area contributed by atoms with Crippen LogP contribution in [0.1, 0.15) is 6.92 Å². The average molecular weight is 403 g/mol. The molecule has 1 aromatic carbocycles. The second kappa shape index (κ2) is 6.50. The molecule has 0 spiro atoms. The number of halogens is 3. The van der Waals surface area contributed by atoms with Gasteiger partial charge in [-0.1, -0.05) is 27.5 Å². The number of hydrogen-bond acceptors (Lipinski definition) is 3. The molecule has 1 aliphatic heterocycles. The fourth-order valence-electron chi connectivity index (χ4n) is 2.11. The largest absolute Gasteiger partial charge is 0.371 e. The van der Waals surface area contributed by atoms with Gasteiger partial charge in [-0.3, -0.25) is 0 Å². The maximum atomic E-state index is 12.7. The van der Waals surface area contributed by atoms with Crippen LogP contribution in [-0.4, -0.2) is 43.9 Å². The van der Waals surface area contributed by atoms with E-state index in [-0.39, 0.29) is 34.6 Å². The van der Waals surface area contributed by atoms with Gasteiger partial charge in [-0.2, -0.15) is 4.31 Å². The number of hydrogen-bond donors (Lipinski definition) is 0.